The highest BCUT2D eigenvalue weighted by molar-refractivity contribution is 6.14. The van der Waals surface area contributed by atoms with Gasteiger partial charge >= 0.3 is 0 Å². The van der Waals surface area contributed by atoms with Crippen LogP contribution in [0.4, 0.5) is 0 Å². The molecule has 3 aromatic heterocycles. The Morgan fingerprint density at radius 1 is 0.321 bits per heavy atom. The Balaban J connectivity index is 0.904. The molecule has 260 valence electrons. The SMILES string of the molecule is c1ccc(-n2c(-c3ccc4cc(-c5ccc6cc(-c7ccc8c9ccccc9n9c%10ccccc%10nc9c8c7)ccc6c5)ccc4c3)nc3ccccc32)cc1. The fourth-order valence-electron chi connectivity index (χ4n) is 8.72. The summed E-state index contributed by atoms with van der Waals surface area (Å²) in [5.74, 6) is 0.942. The van der Waals surface area contributed by atoms with Crippen LogP contribution in [0.5, 0.6) is 0 Å². The Labute approximate surface area is 322 Å². The fraction of sp³-hybridized carbons (Fsp3) is 0. The molecule has 0 amide bonds. The maximum atomic E-state index is 5.14. The lowest BCUT2D eigenvalue weighted by Crippen LogP contribution is -1.97. The number of hydrogen-bond acceptors (Lipinski definition) is 2. The summed E-state index contributed by atoms with van der Waals surface area (Å²) in [6.07, 6.45) is 0. The third kappa shape index (κ3) is 4.73. The maximum absolute atomic E-state index is 5.14. The van der Waals surface area contributed by atoms with Crippen molar-refractivity contribution in [1.29, 1.82) is 0 Å². The van der Waals surface area contributed by atoms with E-state index < -0.39 is 0 Å². The van der Waals surface area contributed by atoms with Crippen molar-refractivity contribution in [3.63, 3.8) is 0 Å². The molecule has 0 aliphatic carbocycles. The number of imidazole rings is 2. The van der Waals surface area contributed by atoms with Gasteiger partial charge in [0.05, 0.1) is 27.6 Å². The van der Waals surface area contributed by atoms with Gasteiger partial charge in [-0.15, -0.1) is 0 Å². The molecule has 0 spiro atoms. The van der Waals surface area contributed by atoms with Crippen LogP contribution in [0.1, 0.15) is 0 Å². The number of benzene rings is 9. The van der Waals surface area contributed by atoms with E-state index in [4.69, 9.17) is 9.97 Å². The molecule has 0 atom stereocenters. The van der Waals surface area contributed by atoms with Crippen molar-refractivity contribution in [3.8, 4) is 39.3 Å². The zero-order chi connectivity index (χ0) is 36.7. The largest absolute Gasteiger partial charge is 0.292 e. The predicted octanol–water partition coefficient (Wildman–Crippen LogP) is 13.4. The molecule has 0 fully saturated rings. The Kier molecular flexibility index (Phi) is 6.60. The minimum atomic E-state index is 0.942. The molecule has 0 saturated carbocycles. The molecule has 0 unspecified atom stereocenters. The first-order valence-corrected chi connectivity index (χ1v) is 19.1. The van der Waals surface area contributed by atoms with Crippen molar-refractivity contribution in [3.05, 3.63) is 194 Å². The van der Waals surface area contributed by atoms with Gasteiger partial charge in [0.15, 0.2) is 0 Å². The van der Waals surface area contributed by atoms with E-state index in [2.05, 4.69) is 197 Å². The average molecular weight is 713 g/mol. The summed E-state index contributed by atoms with van der Waals surface area (Å²) in [5, 5.41) is 8.43. The zero-order valence-electron chi connectivity index (χ0n) is 30.3. The lowest BCUT2D eigenvalue weighted by atomic mass is 9.95. The number of para-hydroxylation sites is 6. The minimum absolute atomic E-state index is 0.942. The number of aromatic nitrogens is 4. The highest BCUT2D eigenvalue weighted by Crippen LogP contribution is 2.37. The number of fused-ring (bicyclic) bond motifs is 11. The summed E-state index contributed by atoms with van der Waals surface area (Å²) < 4.78 is 4.57. The summed E-state index contributed by atoms with van der Waals surface area (Å²) in [6, 6.07) is 69.8. The first-order chi connectivity index (χ1) is 27.7. The molecule has 0 aliphatic rings. The second-order valence-corrected chi connectivity index (χ2v) is 14.7. The van der Waals surface area contributed by atoms with Gasteiger partial charge in [-0.1, -0.05) is 121 Å². The van der Waals surface area contributed by atoms with Crippen LogP contribution in [0.25, 0.3) is 110 Å². The normalized spacial score (nSPS) is 11.9. The summed E-state index contributed by atoms with van der Waals surface area (Å²) in [4.78, 5) is 10.2. The van der Waals surface area contributed by atoms with E-state index in [9.17, 15) is 0 Å². The van der Waals surface area contributed by atoms with Gasteiger partial charge in [-0.2, -0.15) is 0 Å². The number of nitrogens with zero attached hydrogens (tertiary/aromatic N) is 4. The Morgan fingerprint density at radius 2 is 0.821 bits per heavy atom. The molecule has 56 heavy (non-hydrogen) atoms. The molecule has 0 aliphatic heterocycles. The number of pyridine rings is 1. The van der Waals surface area contributed by atoms with Crippen molar-refractivity contribution >= 4 is 70.9 Å². The lowest BCUT2D eigenvalue weighted by Gasteiger charge is -2.12. The zero-order valence-corrected chi connectivity index (χ0v) is 30.3. The van der Waals surface area contributed by atoms with Crippen LogP contribution in [0, 0.1) is 0 Å². The van der Waals surface area contributed by atoms with Gasteiger partial charge in [-0.25, -0.2) is 9.97 Å². The monoisotopic (exact) mass is 712 g/mol. The summed E-state index contributed by atoms with van der Waals surface area (Å²) in [7, 11) is 0. The van der Waals surface area contributed by atoms with E-state index in [1.54, 1.807) is 0 Å². The predicted molar refractivity (Wildman–Crippen MR) is 234 cm³/mol. The highest BCUT2D eigenvalue weighted by Gasteiger charge is 2.16. The van der Waals surface area contributed by atoms with Gasteiger partial charge in [0, 0.05) is 22.0 Å². The molecule has 4 nitrogen and oxygen atoms in total. The van der Waals surface area contributed by atoms with Gasteiger partial charge in [-0.3, -0.25) is 8.97 Å². The van der Waals surface area contributed by atoms with Crippen molar-refractivity contribution < 1.29 is 0 Å². The van der Waals surface area contributed by atoms with E-state index in [0.29, 0.717) is 0 Å². The first-order valence-electron chi connectivity index (χ1n) is 19.1. The standard InChI is InChI=1S/C52H32N4/c1-2-10-42(11-3-1)55-49-16-8-5-13-46(49)53-51(55)41-25-24-37-29-35(21-23-39(37)31-41)33-18-19-36-30-38(22-20-34(36)28-33)40-26-27-43-44-12-4-7-15-48(44)56-50-17-9-6-14-47(50)54-52(56)45(43)32-40/h1-32H. The van der Waals surface area contributed by atoms with Gasteiger partial charge < -0.3 is 0 Å². The van der Waals surface area contributed by atoms with Gasteiger partial charge in [0.1, 0.15) is 11.5 Å². The Hall–Kier alpha value is -7.56. The topological polar surface area (TPSA) is 35.1 Å². The Morgan fingerprint density at radius 3 is 1.50 bits per heavy atom. The Bertz CT molecular complexity index is 3540. The second kappa shape index (κ2) is 12.0. The number of hydrogen-bond donors (Lipinski definition) is 0. The van der Waals surface area contributed by atoms with E-state index in [-0.39, 0.29) is 0 Å². The molecule has 12 rings (SSSR count). The molecular formula is C52H32N4. The third-order valence-corrected chi connectivity index (χ3v) is 11.4. The van der Waals surface area contributed by atoms with Crippen molar-refractivity contribution in [2.45, 2.75) is 0 Å². The molecule has 0 N–H and O–H groups in total. The molecule has 4 heteroatoms. The minimum Gasteiger partial charge on any atom is -0.292 e. The van der Waals surface area contributed by atoms with Gasteiger partial charge in [0.25, 0.3) is 0 Å². The van der Waals surface area contributed by atoms with E-state index >= 15 is 0 Å². The summed E-state index contributed by atoms with van der Waals surface area (Å²) in [6.45, 7) is 0. The smallest absolute Gasteiger partial charge is 0.146 e. The molecule has 9 aromatic carbocycles. The van der Waals surface area contributed by atoms with Crippen LogP contribution < -0.4 is 0 Å². The van der Waals surface area contributed by atoms with Gasteiger partial charge in [0.2, 0.25) is 0 Å². The highest BCUT2D eigenvalue weighted by atomic mass is 15.1. The van der Waals surface area contributed by atoms with Crippen LogP contribution in [0.3, 0.4) is 0 Å². The number of rotatable bonds is 4. The van der Waals surface area contributed by atoms with E-state index in [1.807, 2.05) is 6.07 Å². The molecule has 0 bridgehead atoms. The fourth-order valence-corrected chi connectivity index (χ4v) is 8.72. The van der Waals surface area contributed by atoms with Crippen molar-refractivity contribution in [2.75, 3.05) is 0 Å². The van der Waals surface area contributed by atoms with E-state index in [0.717, 1.165) is 50.2 Å². The lowest BCUT2D eigenvalue weighted by molar-refractivity contribution is 1.10. The van der Waals surface area contributed by atoms with Crippen LogP contribution >= 0.6 is 0 Å². The van der Waals surface area contributed by atoms with Crippen LogP contribution in [0.15, 0.2) is 194 Å². The summed E-state index contributed by atoms with van der Waals surface area (Å²) >= 11 is 0. The maximum Gasteiger partial charge on any atom is 0.146 e. The van der Waals surface area contributed by atoms with Crippen LogP contribution in [0.2, 0.25) is 0 Å². The van der Waals surface area contributed by atoms with Crippen LogP contribution in [-0.2, 0) is 0 Å². The molecular weight excluding hydrogens is 681 g/mol. The molecule has 0 radical (unpaired) electrons. The first kappa shape index (κ1) is 30.9. The molecule has 3 heterocycles. The quantitative estimate of drug-likeness (QED) is 0.170. The molecule has 0 saturated heterocycles. The second-order valence-electron chi connectivity index (χ2n) is 14.7. The van der Waals surface area contributed by atoms with Gasteiger partial charge in [-0.05, 0) is 122 Å². The summed E-state index contributed by atoms with van der Waals surface area (Å²) in [5.41, 5.74) is 13.4. The van der Waals surface area contributed by atoms with E-state index in [1.165, 1.54) is 60.1 Å². The molecule has 12 aromatic rings. The van der Waals surface area contributed by atoms with Crippen LogP contribution in [-0.4, -0.2) is 18.9 Å². The van der Waals surface area contributed by atoms with Crippen molar-refractivity contribution in [1.82, 2.24) is 18.9 Å². The van der Waals surface area contributed by atoms with Crippen molar-refractivity contribution in [2.24, 2.45) is 0 Å². The average Bonchev–Trinajstić information content (AvgIpc) is 3.86. The third-order valence-electron chi connectivity index (χ3n) is 11.4.